The summed E-state index contributed by atoms with van der Waals surface area (Å²) in [7, 11) is 0. The van der Waals surface area contributed by atoms with E-state index in [9.17, 15) is 0 Å². The van der Waals surface area contributed by atoms with Crippen LogP contribution in [0.2, 0.25) is 0 Å². The molecule has 0 unspecified atom stereocenters. The summed E-state index contributed by atoms with van der Waals surface area (Å²) in [6.45, 7) is 4.94. The average Bonchev–Trinajstić information content (AvgIpc) is 2.63. The second kappa shape index (κ2) is 4.90. The van der Waals surface area contributed by atoms with Gasteiger partial charge in [0.05, 0.1) is 13.2 Å². The molecule has 0 radical (unpaired) electrons. The van der Waals surface area contributed by atoms with E-state index in [0.717, 1.165) is 12.8 Å². The van der Waals surface area contributed by atoms with Gasteiger partial charge in [0.25, 0.3) is 0 Å². The summed E-state index contributed by atoms with van der Waals surface area (Å²) in [6, 6.07) is 0. The van der Waals surface area contributed by atoms with Gasteiger partial charge in [0.1, 0.15) is 6.10 Å². The van der Waals surface area contributed by atoms with Crippen LogP contribution < -0.4 is 0 Å². The first kappa shape index (κ1) is 10.8. The number of hydrogen-bond acceptors (Lipinski definition) is 3. The van der Waals surface area contributed by atoms with Crippen molar-refractivity contribution >= 4 is 6.21 Å². The molecule has 0 bridgehead atoms. The maximum atomic E-state index is 5.93. The van der Waals surface area contributed by atoms with E-state index in [4.69, 9.17) is 9.47 Å². The van der Waals surface area contributed by atoms with E-state index in [1.165, 1.54) is 19.3 Å². The highest BCUT2D eigenvalue weighted by atomic mass is 16.7. The molecule has 2 fully saturated rings. The lowest BCUT2D eigenvalue weighted by Gasteiger charge is -2.31. The van der Waals surface area contributed by atoms with Crippen LogP contribution in [0, 0.1) is 0 Å². The molecule has 0 aromatic carbocycles. The Hall–Kier alpha value is -0.670. The number of hydrogen-bond donors (Lipinski definition) is 0. The minimum atomic E-state index is -0.275. The van der Waals surface area contributed by atoms with Crippen molar-refractivity contribution in [1.29, 1.82) is 0 Å². The lowest BCUT2D eigenvalue weighted by Crippen LogP contribution is -2.33. The first-order valence-electron chi connectivity index (χ1n) is 5.77. The fourth-order valence-corrected chi connectivity index (χ4v) is 2.26. The van der Waals surface area contributed by atoms with E-state index in [0.29, 0.717) is 13.2 Å². The Bertz CT molecular complexity index is 244. The molecular weight excluding hydrogens is 190 g/mol. The standard InChI is InChI=1S/C12H19NO2/c1-2-8-13-9-11-10-14-12(15-11)6-4-3-5-7-12/h2,9,11H,1,3-8,10H2/t11-/m0/s1. The maximum absolute atomic E-state index is 5.93. The SMILES string of the molecule is C=CCN=C[C@H]1COC2(CCCCC2)O1. The molecule has 15 heavy (non-hydrogen) atoms. The van der Waals surface area contributed by atoms with Crippen molar-refractivity contribution < 1.29 is 9.47 Å². The van der Waals surface area contributed by atoms with Crippen molar-refractivity contribution in [3.63, 3.8) is 0 Å². The molecule has 2 rings (SSSR count). The molecule has 0 aromatic heterocycles. The van der Waals surface area contributed by atoms with Crippen molar-refractivity contribution in [1.82, 2.24) is 0 Å². The zero-order chi connectivity index (χ0) is 10.6. The zero-order valence-electron chi connectivity index (χ0n) is 9.15. The monoisotopic (exact) mass is 209 g/mol. The third-order valence-corrected chi connectivity index (χ3v) is 3.00. The molecular formula is C12H19NO2. The first-order valence-corrected chi connectivity index (χ1v) is 5.77. The van der Waals surface area contributed by atoms with Gasteiger partial charge in [0, 0.05) is 19.1 Å². The summed E-state index contributed by atoms with van der Waals surface area (Å²) in [6.07, 6.45) is 9.50. The van der Waals surface area contributed by atoms with E-state index in [1.807, 2.05) is 6.21 Å². The Morgan fingerprint density at radius 3 is 2.87 bits per heavy atom. The summed E-state index contributed by atoms with van der Waals surface area (Å²) < 4.78 is 11.7. The van der Waals surface area contributed by atoms with Crippen LogP contribution in [0.3, 0.4) is 0 Å². The van der Waals surface area contributed by atoms with E-state index >= 15 is 0 Å². The van der Waals surface area contributed by atoms with Gasteiger partial charge in [-0.25, -0.2) is 0 Å². The predicted octanol–water partition coefficient (Wildman–Crippen LogP) is 2.32. The van der Waals surface area contributed by atoms with E-state index < -0.39 is 0 Å². The number of ether oxygens (including phenoxy) is 2. The highest BCUT2D eigenvalue weighted by molar-refractivity contribution is 5.63. The topological polar surface area (TPSA) is 30.8 Å². The summed E-state index contributed by atoms with van der Waals surface area (Å²) in [4.78, 5) is 4.20. The zero-order valence-corrected chi connectivity index (χ0v) is 9.15. The van der Waals surface area contributed by atoms with E-state index in [2.05, 4.69) is 11.6 Å². The molecule has 1 heterocycles. The lowest BCUT2D eigenvalue weighted by atomic mass is 9.94. The van der Waals surface area contributed by atoms with E-state index in [-0.39, 0.29) is 11.9 Å². The lowest BCUT2D eigenvalue weighted by molar-refractivity contribution is -0.181. The molecule has 1 saturated carbocycles. The molecule has 1 atom stereocenters. The molecule has 1 spiro atoms. The number of rotatable bonds is 3. The van der Waals surface area contributed by atoms with E-state index in [1.54, 1.807) is 6.08 Å². The molecule has 1 saturated heterocycles. The second-order valence-electron chi connectivity index (χ2n) is 4.24. The largest absolute Gasteiger partial charge is 0.347 e. The van der Waals surface area contributed by atoms with Crippen molar-refractivity contribution in [2.45, 2.75) is 44.0 Å². The molecule has 3 nitrogen and oxygen atoms in total. The number of nitrogens with zero attached hydrogens (tertiary/aromatic N) is 1. The molecule has 3 heteroatoms. The van der Waals surface area contributed by atoms with Crippen molar-refractivity contribution in [2.24, 2.45) is 4.99 Å². The smallest absolute Gasteiger partial charge is 0.169 e. The Balaban J connectivity index is 1.85. The predicted molar refractivity (Wildman–Crippen MR) is 60.2 cm³/mol. The number of aliphatic imine (C=N–C) groups is 1. The van der Waals surface area contributed by atoms with Crippen LogP contribution in [0.4, 0.5) is 0 Å². The van der Waals surface area contributed by atoms with Crippen LogP contribution in [-0.2, 0) is 9.47 Å². The molecule has 84 valence electrons. The first-order chi connectivity index (χ1) is 7.35. The summed E-state index contributed by atoms with van der Waals surface area (Å²) in [5.41, 5.74) is 0. The van der Waals surface area contributed by atoms with Crippen LogP contribution >= 0.6 is 0 Å². The van der Waals surface area contributed by atoms with Gasteiger partial charge in [0.2, 0.25) is 0 Å². The van der Waals surface area contributed by atoms with Gasteiger partial charge in [0.15, 0.2) is 5.79 Å². The second-order valence-corrected chi connectivity index (χ2v) is 4.24. The van der Waals surface area contributed by atoms with Gasteiger partial charge >= 0.3 is 0 Å². The maximum Gasteiger partial charge on any atom is 0.169 e. The van der Waals surface area contributed by atoms with Gasteiger partial charge in [-0.3, -0.25) is 4.99 Å². The quantitative estimate of drug-likeness (QED) is 0.527. The third kappa shape index (κ3) is 2.67. The highest BCUT2D eigenvalue weighted by Gasteiger charge is 2.41. The van der Waals surface area contributed by atoms with Crippen molar-refractivity contribution in [3.8, 4) is 0 Å². The third-order valence-electron chi connectivity index (χ3n) is 3.00. The summed E-state index contributed by atoms with van der Waals surface area (Å²) in [5, 5.41) is 0. The van der Waals surface area contributed by atoms with Crippen molar-refractivity contribution in [3.05, 3.63) is 12.7 Å². The fraction of sp³-hybridized carbons (Fsp3) is 0.750. The Morgan fingerprint density at radius 2 is 2.13 bits per heavy atom. The normalized spacial score (nSPS) is 30.0. The highest BCUT2D eigenvalue weighted by Crippen LogP contribution is 2.37. The Kier molecular flexibility index (Phi) is 3.54. The van der Waals surface area contributed by atoms with Gasteiger partial charge in [-0.05, 0) is 12.8 Å². The summed E-state index contributed by atoms with van der Waals surface area (Å²) >= 11 is 0. The van der Waals surface area contributed by atoms with Crippen molar-refractivity contribution in [2.75, 3.05) is 13.2 Å². The summed E-state index contributed by atoms with van der Waals surface area (Å²) in [5.74, 6) is -0.275. The van der Waals surface area contributed by atoms with Crippen LogP contribution in [0.1, 0.15) is 32.1 Å². The molecule has 0 N–H and O–H groups in total. The minimum absolute atomic E-state index is 0.0445. The van der Waals surface area contributed by atoms with Crippen LogP contribution in [0.25, 0.3) is 0 Å². The van der Waals surface area contributed by atoms with Gasteiger partial charge in [-0.1, -0.05) is 12.5 Å². The van der Waals surface area contributed by atoms with Gasteiger partial charge < -0.3 is 9.47 Å². The molecule has 2 aliphatic rings. The molecule has 0 amide bonds. The van der Waals surface area contributed by atoms with Crippen LogP contribution in [0.15, 0.2) is 17.6 Å². The van der Waals surface area contributed by atoms with Crippen LogP contribution in [0.5, 0.6) is 0 Å². The minimum Gasteiger partial charge on any atom is -0.347 e. The fourth-order valence-electron chi connectivity index (χ4n) is 2.26. The van der Waals surface area contributed by atoms with Crippen LogP contribution in [-0.4, -0.2) is 31.3 Å². The van der Waals surface area contributed by atoms with Gasteiger partial charge in [-0.15, -0.1) is 6.58 Å². The average molecular weight is 209 g/mol. The molecule has 0 aromatic rings. The Labute approximate surface area is 91.2 Å². The van der Waals surface area contributed by atoms with Gasteiger partial charge in [-0.2, -0.15) is 0 Å². The molecule has 1 aliphatic carbocycles. The Morgan fingerprint density at radius 1 is 1.33 bits per heavy atom. The molecule has 1 aliphatic heterocycles.